The van der Waals surface area contributed by atoms with Crippen LogP contribution >= 0.6 is 0 Å². The van der Waals surface area contributed by atoms with E-state index in [9.17, 15) is 4.79 Å². The van der Waals surface area contributed by atoms with E-state index in [1.165, 1.54) is 5.56 Å². The van der Waals surface area contributed by atoms with Gasteiger partial charge in [-0.1, -0.05) is 44.2 Å². The molecular formula is C23H34N6O. The first-order valence-corrected chi connectivity index (χ1v) is 11.3. The standard InChI is InChI=1S/C23H34N6O/c1-17(2)22-26-25-18(3)29(22)28-15-13-27(14-16-28)12-11-21(19-7-5-4-6-8-19)24-23(30)20-9-10-20/h4-8,17,20-21H,9-16H2,1-3H3,(H,24,30)/t21-/m0/s1. The van der Waals surface area contributed by atoms with Crippen LogP contribution < -0.4 is 10.3 Å². The number of hydrogen-bond acceptors (Lipinski definition) is 5. The van der Waals surface area contributed by atoms with E-state index >= 15 is 0 Å². The molecule has 0 spiro atoms. The van der Waals surface area contributed by atoms with Crippen LogP contribution in [0.5, 0.6) is 0 Å². The Balaban J connectivity index is 1.33. The lowest BCUT2D eigenvalue weighted by atomic mass is 10.0. The largest absolute Gasteiger partial charge is 0.349 e. The van der Waals surface area contributed by atoms with Crippen molar-refractivity contribution in [3.63, 3.8) is 0 Å². The van der Waals surface area contributed by atoms with Crippen molar-refractivity contribution in [3.8, 4) is 0 Å². The first-order valence-electron chi connectivity index (χ1n) is 11.3. The summed E-state index contributed by atoms with van der Waals surface area (Å²) in [6.07, 6.45) is 3.01. The van der Waals surface area contributed by atoms with Gasteiger partial charge in [-0.15, -0.1) is 10.2 Å². The third-order valence-corrected chi connectivity index (χ3v) is 6.17. The molecule has 7 heteroatoms. The Kier molecular flexibility index (Phi) is 6.37. The van der Waals surface area contributed by atoms with Crippen molar-refractivity contribution in [2.24, 2.45) is 5.92 Å². The highest BCUT2D eigenvalue weighted by molar-refractivity contribution is 5.81. The van der Waals surface area contributed by atoms with E-state index in [1.54, 1.807) is 0 Å². The monoisotopic (exact) mass is 410 g/mol. The highest BCUT2D eigenvalue weighted by Crippen LogP contribution is 2.30. The number of aryl methyl sites for hydroxylation is 1. The number of rotatable bonds is 8. The maximum atomic E-state index is 12.4. The quantitative estimate of drug-likeness (QED) is 0.725. The Morgan fingerprint density at radius 1 is 1.10 bits per heavy atom. The first kappa shape index (κ1) is 20.8. The molecule has 162 valence electrons. The zero-order valence-electron chi connectivity index (χ0n) is 18.4. The highest BCUT2D eigenvalue weighted by atomic mass is 16.2. The molecule has 1 saturated carbocycles. The molecule has 1 aliphatic carbocycles. The van der Waals surface area contributed by atoms with Gasteiger partial charge in [0.15, 0.2) is 5.82 Å². The van der Waals surface area contributed by atoms with Crippen LogP contribution in [-0.4, -0.2) is 58.4 Å². The van der Waals surface area contributed by atoms with Gasteiger partial charge in [0.05, 0.1) is 6.04 Å². The van der Waals surface area contributed by atoms with Crippen LogP contribution in [0.2, 0.25) is 0 Å². The van der Waals surface area contributed by atoms with Crippen LogP contribution in [-0.2, 0) is 4.79 Å². The highest BCUT2D eigenvalue weighted by Gasteiger charge is 2.31. The molecule has 0 unspecified atom stereocenters. The molecule has 2 heterocycles. The fraction of sp³-hybridized carbons (Fsp3) is 0.609. The van der Waals surface area contributed by atoms with Crippen LogP contribution in [0.3, 0.4) is 0 Å². The normalized spacial score (nSPS) is 18.6. The van der Waals surface area contributed by atoms with Gasteiger partial charge in [-0.05, 0) is 31.7 Å². The number of benzene rings is 1. The molecule has 1 aliphatic heterocycles. The molecule has 2 aromatic rings. The summed E-state index contributed by atoms with van der Waals surface area (Å²) in [6, 6.07) is 10.5. The predicted octanol–water partition coefficient (Wildman–Crippen LogP) is 2.62. The molecule has 4 rings (SSSR count). The van der Waals surface area contributed by atoms with E-state index in [1.807, 2.05) is 13.0 Å². The molecular weight excluding hydrogens is 376 g/mol. The number of aromatic nitrogens is 3. The minimum atomic E-state index is 0.0879. The maximum absolute atomic E-state index is 12.4. The molecule has 2 fully saturated rings. The molecule has 1 aromatic heterocycles. The second-order valence-corrected chi connectivity index (χ2v) is 8.90. The number of piperazine rings is 1. The molecule has 1 amide bonds. The average molecular weight is 411 g/mol. The lowest BCUT2D eigenvalue weighted by molar-refractivity contribution is -0.123. The van der Waals surface area contributed by atoms with Gasteiger partial charge in [-0.2, -0.15) is 0 Å². The fourth-order valence-corrected chi connectivity index (χ4v) is 4.20. The number of carbonyl (C=O) groups excluding carboxylic acids is 1. The van der Waals surface area contributed by atoms with Crippen molar-refractivity contribution in [1.29, 1.82) is 0 Å². The average Bonchev–Trinajstić information content (AvgIpc) is 3.54. The van der Waals surface area contributed by atoms with E-state index in [0.29, 0.717) is 5.92 Å². The Bertz CT molecular complexity index is 837. The summed E-state index contributed by atoms with van der Waals surface area (Å²) in [5.74, 6) is 2.80. The molecule has 1 N–H and O–H groups in total. The van der Waals surface area contributed by atoms with Crippen molar-refractivity contribution in [2.75, 3.05) is 37.7 Å². The molecule has 0 bridgehead atoms. The predicted molar refractivity (Wildman–Crippen MR) is 118 cm³/mol. The molecule has 30 heavy (non-hydrogen) atoms. The Labute approximate surface area is 179 Å². The smallest absolute Gasteiger partial charge is 0.223 e. The lowest BCUT2D eigenvalue weighted by Gasteiger charge is -2.38. The molecule has 7 nitrogen and oxygen atoms in total. The summed E-state index contributed by atoms with van der Waals surface area (Å²) in [5.41, 5.74) is 1.20. The van der Waals surface area contributed by atoms with Gasteiger partial charge in [-0.25, -0.2) is 4.68 Å². The topological polar surface area (TPSA) is 66.3 Å². The molecule has 2 aliphatic rings. The van der Waals surface area contributed by atoms with E-state index in [-0.39, 0.29) is 17.9 Å². The zero-order valence-corrected chi connectivity index (χ0v) is 18.4. The van der Waals surface area contributed by atoms with Gasteiger partial charge in [0.1, 0.15) is 5.82 Å². The van der Waals surface area contributed by atoms with Gasteiger partial charge >= 0.3 is 0 Å². The Morgan fingerprint density at radius 3 is 2.43 bits per heavy atom. The number of carbonyl (C=O) groups is 1. The number of hydrogen-bond donors (Lipinski definition) is 1. The van der Waals surface area contributed by atoms with Gasteiger partial charge in [0.2, 0.25) is 5.91 Å². The van der Waals surface area contributed by atoms with Crippen molar-refractivity contribution in [1.82, 2.24) is 25.1 Å². The van der Waals surface area contributed by atoms with Crippen molar-refractivity contribution < 1.29 is 4.79 Å². The first-order chi connectivity index (χ1) is 14.5. The van der Waals surface area contributed by atoms with Crippen LogP contribution in [0, 0.1) is 12.8 Å². The Morgan fingerprint density at radius 2 is 1.80 bits per heavy atom. The van der Waals surface area contributed by atoms with Crippen LogP contribution in [0.15, 0.2) is 30.3 Å². The summed E-state index contributed by atoms with van der Waals surface area (Å²) in [7, 11) is 0. The SMILES string of the molecule is Cc1nnc(C(C)C)n1N1CCN(CC[C@H](NC(=O)C2CC2)c2ccccc2)CC1. The van der Waals surface area contributed by atoms with E-state index in [2.05, 4.69) is 68.2 Å². The van der Waals surface area contributed by atoms with Crippen LogP contribution in [0.4, 0.5) is 0 Å². The van der Waals surface area contributed by atoms with Crippen LogP contribution in [0.25, 0.3) is 0 Å². The second kappa shape index (κ2) is 9.16. The summed E-state index contributed by atoms with van der Waals surface area (Å²) in [4.78, 5) is 14.9. The fourth-order valence-electron chi connectivity index (χ4n) is 4.20. The molecule has 1 aromatic carbocycles. The Hall–Kier alpha value is -2.41. The van der Waals surface area contributed by atoms with E-state index < -0.39 is 0 Å². The minimum absolute atomic E-state index is 0.0879. The minimum Gasteiger partial charge on any atom is -0.349 e. The van der Waals surface area contributed by atoms with Crippen LogP contribution in [0.1, 0.15) is 62.3 Å². The van der Waals surface area contributed by atoms with Gasteiger partial charge in [0, 0.05) is 44.6 Å². The van der Waals surface area contributed by atoms with Gasteiger partial charge < -0.3 is 10.3 Å². The number of nitrogens with one attached hydrogen (secondary N) is 1. The summed E-state index contributed by atoms with van der Waals surface area (Å²) in [5, 5.41) is 14.3. The maximum Gasteiger partial charge on any atom is 0.223 e. The molecule has 0 radical (unpaired) electrons. The molecule has 1 atom stereocenters. The third kappa shape index (κ3) is 4.83. The molecule has 1 saturated heterocycles. The summed E-state index contributed by atoms with van der Waals surface area (Å²) < 4.78 is 2.20. The zero-order chi connectivity index (χ0) is 21.1. The number of nitrogens with zero attached hydrogens (tertiary/aromatic N) is 5. The summed E-state index contributed by atoms with van der Waals surface area (Å²) in [6.45, 7) is 11.3. The summed E-state index contributed by atoms with van der Waals surface area (Å²) >= 11 is 0. The van der Waals surface area contributed by atoms with Gasteiger partial charge in [-0.3, -0.25) is 9.69 Å². The van der Waals surface area contributed by atoms with Gasteiger partial charge in [0.25, 0.3) is 0 Å². The third-order valence-electron chi connectivity index (χ3n) is 6.17. The lowest BCUT2D eigenvalue weighted by Crippen LogP contribution is -2.52. The second-order valence-electron chi connectivity index (χ2n) is 8.90. The van der Waals surface area contributed by atoms with E-state index in [0.717, 1.165) is 63.6 Å². The van der Waals surface area contributed by atoms with Crippen molar-refractivity contribution >= 4 is 5.91 Å². The van der Waals surface area contributed by atoms with Crippen molar-refractivity contribution in [2.45, 2.75) is 52.0 Å². The van der Waals surface area contributed by atoms with Crippen molar-refractivity contribution in [3.05, 3.63) is 47.5 Å². The van der Waals surface area contributed by atoms with E-state index in [4.69, 9.17) is 0 Å². The number of amides is 1.